The van der Waals surface area contributed by atoms with Crippen LogP contribution in [0.5, 0.6) is 0 Å². The molecule has 0 saturated carbocycles. The summed E-state index contributed by atoms with van der Waals surface area (Å²) in [5.41, 5.74) is 5.84. The van der Waals surface area contributed by atoms with Crippen molar-refractivity contribution in [3.63, 3.8) is 0 Å². The van der Waals surface area contributed by atoms with E-state index < -0.39 is 0 Å². The first-order valence-corrected chi connectivity index (χ1v) is 3.71. The molecule has 0 saturated heterocycles. The Hall–Kier alpha value is -1.77. The van der Waals surface area contributed by atoms with E-state index in [1.807, 2.05) is 0 Å². The highest BCUT2D eigenvalue weighted by atomic mass is 16.5. The molecule has 3 N–H and O–H groups in total. The number of allylic oxidation sites excluding steroid dienone is 4. The van der Waals surface area contributed by atoms with Gasteiger partial charge in [0.05, 0.1) is 12.7 Å². The van der Waals surface area contributed by atoms with Crippen molar-refractivity contribution in [1.29, 1.82) is 5.41 Å². The zero-order valence-corrected chi connectivity index (χ0v) is 7.71. The number of nitrogens with one attached hydrogen (secondary N) is 1. The molecule has 0 aliphatic heterocycles. The van der Waals surface area contributed by atoms with Crippen molar-refractivity contribution >= 4 is 5.84 Å². The van der Waals surface area contributed by atoms with Crippen LogP contribution in [0.2, 0.25) is 0 Å². The van der Waals surface area contributed by atoms with Crippen molar-refractivity contribution in [3.05, 3.63) is 48.8 Å². The second-order valence-electron chi connectivity index (χ2n) is 2.20. The van der Waals surface area contributed by atoms with E-state index in [0.717, 1.165) is 0 Å². The van der Waals surface area contributed by atoms with Crippen molar-refractivity contribution in [3.8, 4) is 0 Å². The van der Waals surface area contributed by atoms with Gasteiger partial charge in [-0.1, -0.05) is 25.3 Å². The maximum absolute atomic E-state index is 7.27. The summed E-state index contributed by atoms with van der Waals surface area (Å²) in [4.78, 5) is 0. The maximum Gasteiger partial charge on any atom is 0.129 e. The predicted octanol–water partition coefficient (Wildman–Crippen LogP) is 1.75. The summed E-state index contributed by atoms with van der Waals surface area (Å²) in [5.74, 6) is 0.442. The van der Waals surface area contributed by atoms with Gasteiger partial charge in [0.2, 0.25) is 0 Å². The van der Waals surface area contributed by atoms with Crippen LogP contribution in [-0.2, 0) is 4.74 Å². The van der Waals surface area contributed by atoms with Crippen LogP contribution in [-0.4, -0.2) is 12.9 Å². The Balaban J connectivity index is 5.02. The van der Waals surface area contributed by atoms with Gasteiger partial charge in [-0.2, -0.15) is 0 Å². The Morgan fingerprint density at radius 1 is 1.31 bits per heavy atom. The summed E-state index contributed by atoms with van der Waals surface area (Å²) in [7, 11) is 1.51. The molecule has 0 spiro atoms. The maximum atomic E-state index is 7.27. The first-order valence-electron chi connectivity index (χ1n) is 3.71. The quantitative estimate of drug-likeness (QED) is 0.291. The summed E-state index contributed by atoms with van der Waals surface area (Å²) in [6.45, 7) is 7.05. The van der Waals surface area contributed by atoms with E-state index in [0.29, 0.717) is 11.3 Å². The Labute approximate surface area is 78.4 Å². The van der Waals surface area contributed by atoms with E-state index in [1.165, 1.54) is 7.11 Å². The molecule has 0 unspecified atom stereocenters. The molecule has 0 atom stereocenters. The van der Waals surface area contributed by atoms with E-state index in [9.17, 15) is 0 Å². The lowest BCUT2D eigenvalue weighted by Gasteiger charge is -2.07. The highest BCUT2D eigenvalue weighted by molar-refractivity contribution is 5.98. The molecule has 0 aromatic carbocycles. The Kier molecular flexibility index (Phi) is 5.03. The standard InChI is InChI=1S/C10H14N2O/c1-4-6-8(10(11)12)9(13-3)7-5-2/h4-7H,1-2H2,3H3,(H3,11,12)/b8-6+,9-7+. The van der Waals surface area contributed by atoms with Gasteiger partial charge in [-0.25, -0.2) is 0 Å². The molecule has 0 aromatic rings. The lowest BCUT2D eigenvalue weighted by atomic mass is 10.1. The molecule has 0 aliphatic rings. The van der Waals surface area contributed by atoms with Crippen LogP contribution in [0.4, 0.5) is 0 Å². The first-order chi connectivity index (χ1) is 6.17. The van der Waals surface area contributed by atoms with Gasteiger partial charge < -0.3 is 10.5 Å². The van der Waals surface area contributed by atoms with Crippen molar-refractivity contribution in [2.24, 2.45) is 5.73 Å². The van der Waals surface area contributed by atoms with Crippen molar-refractivity contribution in [2.45, 2.75) is 0 Å². The molecule has 0 amide bonds. The molecular formula is C10H14N2O. The number of amidine groups is 1. The summed E-state index contributed by atoms with van der Waals surface area (Å²) in [6, 6.07) is 0. The molecule has 0 heterocycles. The number of rotatable bonds is 5. The number of nitrogens with two attached hydrogens (primary N) is 1. The van der Waals surface area contributed by atoms with Crippen molar-refractivity contribution in [1.82, 2.24) is 0 Å². The number of methoxy groups -OCH3 is 1. The van der Waals surface area contributed by atoms with Gasteiger partial charge in [0.25, 0.3) is 0 Å². The third-order valence-electron chi connectivity index (χ3n) is 1.33. The summed E-state index contributed by atoms with van der Waals surface area (Å²) in [5, 5.41) is 7.27. The molecule has 3 heteroatoms. The van der Waals surface area contributed by atoms with Crippen LogP contribution in [0, 0.1) is 5.41 Å². The molecule has 70 valence electrons. The number of ether oxygens (including phenoxy) is 1. The summed E-state index contributed by atoms with van der Waals surface area (Å²) < 4.78 is 5.02. The minimum absolute atomic E-state index is 0.0603. The average molecular weight is 178 g/mol. The molecular weight excluding hydrogens is 164 g/mol. The van der Waals surface area contributed by atoms with Crippen LogP contribution < -0.4 is 5.73 Å². The van der Waals surface area contributed by atoms with Crippen molar-refractivity contribution in [2.75, 3.05) is 7.11 Å². The fourth-order valence-electron chi connectivity index (χ4n) is 0.797. The van der Waals surface area contributed by atoms with Gasteiger partial charge in [0.15, 0.2) is 0 Å². The topological polar surface area (TPSA) is 59.1 Å². The van der Waals surface area contributed by atoms with Crippen LogP contribution >= 0.6 is 0 Å². The highest BCUT2D eigenvalue weighted by Gasteiger charge is 2.06. The monoisotopic (exact) mass is 178 g/mol. The highest BCUT2D eigenvalue weighted by Crippen LogP contribution is 2.10. The Morgan fingerprint density at radius 2 is 1.85 bits per heavy atom. The van der Waals surface area contributed by atoms with Crippen LogP contribution in [0.3, 0.4) is 0 Å². The average Bonchev–Trinajstić information content (AvgIpc) is 2.10. The van der Waals surface area contributed by atoms with Gasteiger partial charge in [-0.3, -0.25) is 5.41 Å². The van der Waals surface area contributed by atoms with Crippen LogP contribution in [0.1, 0.15) is 0 Å². The predicted molar refractivity (Wildman–Crippen MR) is 55.5 cm³/mol. The van der Waals surface area contributed by atoms with Crippen LogP contribution in [0.25, 0.3) is 0 Å². The van der Waals surface area contributed by atoms with Gasteiger partial charge in [0, 0.05) is 0 Å². The molecule has 0 aromatic heterocycles. The lowest BCUT2D eigenvalue weighted by molar-refractivity contribution is 0.304. The van der Waals surface area contributed by atoms with E-state index in [-0.39, 0.29) is 5.84 Å². The molecule has 0 fully saturated rings. The largest absolute Gasteiger partial charge is 0.496 e. The van der Waals surface area contributed by atoms with E-state index in [4.69, 9.17) is 15.9 Å². The molecule has 3 nitrogen and oxygen atoms in total. The normalized spacial score (nSPS) is 12.1. The second-order valence-corrected chi connectivity index (χ2v) is 2.20. The minimum Gasteiger partial charge on any atom is -0.496 e. The Bertz CT molecular complexity index is 275. The summed E-state index contributed by atoms with van der Waals surface area (Å²) in [6.07, 6.45) is 6.36. The van der Waals surface area contributed by atoms with Crippen LogP contribution in [0.15, 0.2) is 48.8 Å². The van der Waals surface area contributed by atoms with Gasteiger partial charge in [-0.05, 0) is 12.2 Å². The third kappa shape index (κ3) is 3.42. The number of hydrogen-bond donors (Lipinski definition) is 2. The second kappa shape index (κ2) is 5.83. The zero-order chi connectivity index (χ0) is 10.3. The van der Waals surface area contributed by atoms with E-state index >= 15 is 0 Å². The Morgan fingerprint density at radius 3 is 2.15 bits per heavy atom. The molecule has 0 bridgehead atoms. The molecule has 0 aliphatic carbocycles. The van der Waals surface area contributed by atoms with Crippen molar-refractivity contribution < 1.29 is 4.74 Å². The fourth-order valence-corrected chi connectivity index (χ4v) is 0.797. The molecule has 13 heavy (non-hydrogen) atoms. The molecule has 0 radical (unpaired) electrons. The van der Waals surface area contributed by atoms with Gasteiger partial charge in [0.1, 0.15) is 11.6 Å². The molecule has 0 rings (SSSR count). The van der Waals surface area contributed by atoms with E-state index in [2.05, 4.69) is 13.2 Å². The lowest BCUT2D eigenvalue weighted by Crippen LogP contribution is -2.15. The van der Waals surface area contributed by atoms with Gasteiger partial charge in [-0.15, -0.1) is 0 Å². The number of hydrogen-bond acceptors (Lipinski definition) is 2. The van der Waals surface area contributed by atoms with E-state index in [1.54, 1.807) is 24.3 Å². The fraction of sp³-hybridized carbons (Fsp3) is 0.100. The minimum atomic E-state index is -0.0603. The zero-order valence-electron chi connectivity index (χ0n) is 7.71. The first kappa shape index (κ1) is 11.2. The third-order valence-corrected chi connectivity index (χ3v) is 1.33. The SMILES string of the molecule is C=C/C=C(C(=N)N)\C(=C/C=C)OC. The van der Waals surface area contributed by atoms with Gasteiger partial charge >= 0.3 is 0 Å². The smallest absolute Gasteiger partial charge is 0.129 e. The summed E-state index contributed by atoms with van der Waals surface area (Å²) >= 11 is 0.